The smallest absolute Gasteiger partial charge is 0.300 e. The number of hydrogen-bond acceptors (Lipinski definition) is 5. The van der Waals surface area contributed by atoms with Gasteiger partial charge in [0.05, 0.1) is 0 Å². The fourth-order valence-electron chi connectivity index (χ4n) is 3.18. The van der Waals surface area contributed by atoms with E-state index in [0.29, 0.717) is 17.8 Å². The standard InChI is InChI=1S/C18H20N4O/c1-14-12-21(13-15-6-3-2-4-7-15)10-11-22(14)18-20-16-8-5-9-19-17(16)23-18/h2-9,14H,10-13H2,1H3/t14-/m0/s1. The van der Waals surface area contributed by atoms with Crippen molar-refractivity contribution in [1.82, 2.24) is 14.9 Å². The van der Waals surface area contributed by atoms with Gasteiger partial charge in [-0.3, -0.25) is 4.90 Å². The molecule has 0 radical (unpaired) electrons. The fourth-order valence-corrected chi connectivity index (χ4v) is 3.18. The summed E-state index contributed by atoms with van der Waals surface area (Å²) in [5, 5.41) is 0. The first-order valence-electron chi connectivity index (χ1n) is 8.04. The molecule has 0 N–H and O–H groups in total. The topological polar surface area (TPSA) is 45.4 Å². The van der Waals surface area contributed by atoms with Gasteiger partial charge in [-0.15, -0.1) is 0 Å². The van der Waals surface area contributed by atoms with Crippen LogP contribution >= 0.6 is 0 Å². The number of oxazole rings is 1. The van der Waals surface area contributed by atoms with E-state index in [1.54, 1.807) is 6.20 Å². The van der Waals surface area contributed by atoms with E-state index in [-0.39, 0.29) is 0 Å². The average Bonchev–Trinajstić information content (AvgIpc) is 2.99. The van der Waals surface area contributed by atoms with Crippen LogP contribution in [0.15, 0.2) is 53.1 Å². The molecule has 0 aliphatic carbocycles. The van der Waals surface area contributed by atoms with Crippen molar-refractivity contribution >= 4 is 17.2 Å². The van der Waals surface area contributed by atoms with Crippen LogP contribution in [0.25, 0.3) is 11.2 Å². The van der Waals surface area contributed by atoms with Crippen LogP contribution in [0.1, 0.15) is 12.5 Å². The third-order valence-electron chi connectivity index (χ3n) is 4.36. The Hall–Kier alpha value is -2.40. The molecule has 5 nitrogen and oxygen atoms in total. The number of piperazine rings is 1. The Bertz CT molecular complexity index is 753. The molecule has 4 rings (SSSR count). The van der Waals surface area contributed by atoms with Crippen LogP contribution in [0.4, 0.5) is 6.01 Å². The fraction of sp³-hybridized carbons (Fsp3) is 0.333. The zero-order chi connectivity index (χ0) is 15.6. The van der Waals surface area contributed by atoms with Gasteiger partial charge in [0.15, 0.2) is 0 Å². The molecule has 1 fully saturated rings. The number of fused-ring (bicyclic) bond motifs is 1. The van der Waals surface area contributed by atoms with Crippen molar-refractivity contribution in [2.45, 2.75) is 19.5 Å². The first-order chi connectivity index (χ1) is 11.3. The Morgan fingerprint density at radius 2 is 2.00 bits per heavy atom. The first-order valence-corrected chi connectivity index (χ1v) is 8.04. The Morgan fingerprint density at radius 1 is 1.13 bits per heavy atom. The van der Waals surface area contributed by atoms with Crippen LogP contribution in [0.2, 0.25) is 0 Å². The van der Waals surface area contributed by atoms with Crippen molar-refractivity contribution in [2.24, 2.45) is 0 Å². The van der Waals surface area contributed by atoms with E-state index in [0.717, 1.165) is 31.7 Å². The number of aromatic nitrogens is 2. The van der Waals surface area contributed by atoms with Crippen LogP contribution in [-0.2, 0) is 6.54 Å². The summed E-state index contributed by atoms with van der Waals surface area (Å²) in [6.45, 7) is 6.14. The SMILES string of the molecule is C[C@H]1CN(Cc2ccccc2)CCN1c1nc2cccnc2o1. The molecule has 1 aliphatic heterocycles. The van der Waals surface area contributed by atoms with Crippen molar-refractivity contribution in [2.75, 3.05) is 24.5 Å². The Kier molecular flexibility index (Phi) is 3.71. The maximum absolute atomic E-state index is 5.82. The molecule has 23 heavy (non-hydrogen) atoms. The van der Waals surface area contributed by atoms with Gasteiger partial charge in [-0.1, -0.05) is 30.3 Å². The van der Waals surface area contributed by atoms with E-state index >= 15 is 0 Å². The molecule has 5 heteroatoms. The summed E-state index contributed by atoms with van der Waals surface area (Å²) in [4.78, 5) is 13.5. The van der Waals surface area contributed by atoms with Crippen LogP contribution < -0.4 is 4.90 Å². The van der Waals surface area contributed by atoms with Crippen molar-refractivity contribution in [3.05, 3.63) is 54.2 Å². The molecule has 1 atom stereocenters. The Morgan fingerprint density at radius 3 is 2.78 bits per heavy atom. The molecule has 0 unspecified atom stereocenters. The molecule has 1 saturated heterocycles. The molecule has 1 aromatic carbocycles. The van der Waals surface area contributed by atoms with E-state index in [1.807, 2.05) is 12.1 Å². The normalized spacial score (nSPS) is 19.3. The van der Waals surface area contributed by atoms with E-state index in [2.05, 4.69) is 57.0 Å². The molecular weight excluding hydrogens is 288 g/mol. The predicted molar refractivity (Wildman–Crippen MR) is 90.3 cm³/mol. The van der Waals surface area contributed by atoms with Gasteiger partial charge in [-0.05, 0) is 24.6 Å². The average molecular weight is 308 g/mol. The molecule has 0 bridgehead atoms. The van der Waals surface area contributed by atoms with Crippen molar-refractivity contribution in [1.29, 1.82) is 0 Å². The quantitative estimate of drug-likeness (QED) is 0.744. The highest BCUT2D eigenvalue weighted by Crippen LogP contribution is 2.24. The lowest BCUT2D eigenvalue weighted by atomic mass is 10.1. The minimum absolute atomic E-state index is 0.362. The Labute approximate surface area is 135 Å². The van der Waals surface area contributed by atoms with Gasteiger partial charge in [0.2, 0.25) is 5.71 Å². The number of pyridine rings is 1. The zero-order valence-corrected chi connectivity index (χ0v) is 13.2. The second-order valence-electron chi connectivity index (χ2n) is 6.09. The summed E-state index contributed by atoms with van der Waals surface area (Å²) in [6, 6.07) is 15.5. The largest absolute Gasteiger partial charge is 0.404 e. The van der Waals surface area contributed by atoms with Gasteiger partial charge in [0.1, 0.15) is 5.52 Å². The highest BCUT2D eigenvalue weighted by Gasteiger charge is 2.27. The van der Waals surface area contributed by atoms with Gasteiger partial charge in [0, 0.05) is 38.4 Å². The van der Waals surface area contributed by atoms with Crippen LogP contribution in [0.5, 0.6) is 0 Å². The molecule has 3 heterocycles. The summed E-state index contributed by atoms with van der Waals surface area (Å²) in [5.74, 6) is 0. The lowest BCUT2D eigenvalue weighted by Gasteiger charge is -2.39. The third-order valence-corrected chi connectivity index (χ3v) is 4.36. The number of anilines is 1. The third kappa shape index (κ3) is 2.92. The molecule has 0 spiro atoms. The molecule has 0 saturated carbocycles. The van der Waals surface area contributed by atoms with Crippen LogP contribution in [0, 0.1) is 0 Å². The van der Waals surface area contributed by atoms with E-state index < -0.39 is 0 Å². The van der Waals surface area contributed by atoms with Crippen molar-refractivity contribution in [3.8, 4) is 0 Å². The number of rotatable bonds is 3. The highest BCUT2D eigenvalue weighted by molar-refractivity contribution is 5.69. The van der Waals surface area contributed by atoms with Crippen molar-refractivity contribution in [3.63, 3.8) is 0 Å². The second-order valence-corrected chi connectivity index (χ2v) is 6.09. The lowest BCUT2D eigenvalue weighted by Crippen LogP contribution is -2.51. The predicted octanol–water partition coefficient (Wildman–Crippen LogP) is 2.93. The summed E-state index contributed by atoms with van der Waals surface area (Å²) in [6.07, 6.45) is 1.73. The van der Waals surface area contributed by atoms with E-state index in [9.17, 15) is 0 Å². The number of benzene rings is 1. The van der Waals surface area contributed by atoms with Gasteiger partial charge in [0.25, 0.3) is 6.01 Å². The maximum atomic E-state index is 5.82. The second kappa shape index (κ2) is 6.01. The molecule has 118 valence electrons. The molecule has 1 aliphatic rings. The number of hydrogen-bond donors (Lipinski definition) is 0. The molecule has 3 aromatic rings. The first kappa shape index (κ1) is 14.2. The minimum atomic E-state index is 0.362. The minimum Gasteiger partial charge on any atom is -0.404 e. The van der Waals surface area contributed by atoms with E-state index in [4.69, 9.17) is 4.42 Å². The van der Waals surface area contributed by atoms with Gasteiger partial charge < -0.3 is 9.32 Å². The maximum Gasteiger partial charge on any atom is 0.300 e. The van der Waals surface area contributed by atoms with Crippen LogP contribution in [0.3, 0.4) is 0 Å². The van der Waals surface area contributed by atoms with Crippen molar-refractivity contribution < 1.29 is 4.42 Å². The zero-order valence-electron chi connectivity index (χ0n) is 13.2. The lowest BCUT2D eigenvalue weighted by molar-refractivity contribution is 0.216. The van der Waals surface area contributed by atoms with Gasteiger partial charge in [-0.25, -0.2) is 4.98 Å². The molecule has 2 aromatic heterocycles. The van der Waals surface area contributed by atoms with Gasteiger partial charge in [-0.2, -0.15) is 4.98 Å². The van der Waals surface area contributed by atoms with Crippen LogP contribution in [-0.4, -0.2) is 40.5 Å². The number of nitrogens with zero attached hydrogens (tertiary/aromatic N) is 4. The van der Waals surface area contributed by atoms with Gasteiger partial charge >= 0.3 is 0 Å². The summed E-state index contributed by atoms with van der Waals surface area (Å²) >= 11 is 0. The summed E-state index contributed by atoms with van der Waals surface area (Å²) in [7, 11) is 0. The summed E-state index contributed by atoms with van der Waals surface area (Å²) < 4.78 is 5.82. The van der Waals surface area contributed by atoms with E-state index in [1.165, 1.54) is 5.56 Å². The molecular formula is C18H20N4O. The highest BCUT2D eigenvalue weighted by atomic mass is 16.4. The molecule has 0 amide bonds. The Balaban J connectivity index is 1.46. The monoisotopic (exact) mass is 308 g/mol. The summed E-state index contributed by atoms with van der Waals surface area (Å²) in [5.41, 5.74) is 2.79.